The zero-order valence-electron chi connectivity index (χ0n) is 12.4. The normalized spacial score (nSPS) is 21.6. The Hall–Kier alpha value is -1.88. The van der Waals surface area contributed by atoms with Crippen LogP contribution in [0.2, 0.25) is 0 Å². The number of hydrogen-bond donors (Lipinski definition) is 3. The van der Waals surface area contributed by atoms with Crippen molar-refractivity contribution in [2.45, 2.75) is 25.7 Å². The van der Waals surface area contributed by atoms with Crippen molar-refractivity contribution in [3.8, 4) is 0 Å². The Kier molecular flexibility index (Phi) is 5.33. The lowest BCUT2D eigenvalue weighted by molar-refractivity contribution is -0.121. The highest BCUT2D eigenvalue weighted by Gasteiger charge is 2.26. The van der Waals surface area contributed by atoms with Gasteiger partial charge in [-0.05, 0) is 50.3 Å². The maximum Gasteiger partial charge on any atom is 0.253 e. The predicted octanol–water partition coefficient (Wildman–Crippen LogP) is 1.75. The Labute approximate surface area is 125 Å². The van der Waals surface area contributed by atoms with E-state index >= 15 is 0 Å². The van der Waals surface area contributed by atoms with E-state index in [1.165, 1.54) is 0 Å². The number of carbonyl (C=O) groups is 2. The van der Waals surface area contributed by atoms with Crippen LogP contribution in [-0.4, -0.2) is 25.4 Å². The molecule has 1 aromatic carbocycles. The van der Waals surface area contributed by atoms with Gasteiger partial charge in [0.15, 0.2) is 0 Å². The Balaban J connectivity index is 2.02. The van der Waals surface area contributed by atoms with Gasteiger partial charge in [-0.25, -0.2) is 0 Å². The van der Waals surface area contributed by atoms with Crippen molar-refractivity contribution in [3.63, 3.8) is 0 Å². The van der Waals surface area contributed by atoms with Crippen LogP contribution in [-0.2, 0) is 4.79 Å². The SMILES string of the molecule is CNC(=O)c1ccccc1NC(=O)C1CCC(CN)CC1. The number of anilines is 1. The van der Waals surface area contributed by atoms with Gasteiger partial charge in [0, 0.05) is 13.0 Å². The standard InChI is InChI=1S/C16H23N3O2/c1-18-16(21)13-4-2-3-5-14(13)19-15(20)12-8-6-11(10-17)7-9-12/h2-5,11-12H,6-10,17H2,1H3,(H,18,21)(H,19,20). The van der Waals surface area contributed by atoms with E-state index in [0.717, 1.165) is 25.7 Å². The Morgan fingerprint density at radius 2 is 1.86 bits per heavy atom. The molecule has 0 saturated heterocycles. The molecule has 2 rings (SSSR count). The molecule has 0 heterocycles. The number of nitrogens with one attached hydrogen (secondary N) is 2. The summed E-state index contributed by atoms with van der Waals surface area (Å²) in [6, 6.07) is 7.06. The van der Waals surface area contributed by atoms with Crippen molar-refractivity contribution in [2.75, 3.05) is 18.9 Å². The molecule has 4 N–H and O–H groups in total. The Morgan fingerprint density at radius 3 is 2.48 bits per heavy atom. The Bertz CT molecular complexity index is 508. The smallest absolute Gasteiger partial charge is 0.253 e. The largest absolute Gasteiger partial charge is 0.355 e. The van der Waals surface area contributed by atoms with Gasteiger partial charge in [-0.2, -0.15) is 0 Å². The molecule has 0 atom stereocenters. The molecule has 114 valence electrons. The average molecular weight is 289 g/mol. The minimum absolute atomic E-state index is 0.00169. The minimum atomic E-state index is -0.197. The number of para-hydroxylation sites is 1. The van der Waals surface area contributed by atoms with Crippen LogP contribution < -0.4 is 16.4 Å². The summed E-state index contributed by atoms with van der Waals surface area (Å²) in [5.41, 5.74) is 6.73. The summed E-state index contributed by atoms with van der Waals surface area (Å²) in [6.07, 6.45) is 3.75. The first-order valence-electron chi connectivity index (χ1n) is 7.47. The monoisotopic (exact) mass is 289 g/mol. The van der Waals surface area contributed by atoms with Crippen LogP contribution >= 0.6 is 0 Å². The number of hydrogen-bond acceptors (Lipinski definition) is 3. The van der Waals surface area contributed by atoms with E-state index in [9.17, 15) is 9.59 Å². The van der Waals surface area contributed by atoms with Crippen molar-refractivity contribution >= 4 is 17.5 Å². The maximum absolute atomic E-state index is 12.4. The molecule has 1 aliphatic carbocycles. The van der Waals surface area contributed by atoms with E-state index in [2.05, 4.69) is 10.6 Å². The molecule has 0 radical (unpaired) electrons. The van der Waals surface area contributed by atoms with Gasteiger partial charge in [0.1, 0.15) is 0 Å². The highest BCUT2D eigenvalue weighted by atomic mass is 16.2. The lowest BCUT2D eigenvalue weighted by Crippen LogP contribution is -2.30. The highest BCUT2D eigenvalue weighted by molar-refractivity contribution is 6.04. The lowest BCUT2D eigenvalue weighted by atomic mass is 9.81. The first-order valence-corrected chi connectivity index (χ1v) is 7.47. The van der Waals surface area contributed by atoms with Crippen LogP contribution in [0, 0.1) is 11.8 Å². The van der Waals surface area contributed by atoms with E-state index in [1.54, 1.807) is 25.2 Å². The zero-order valence-corrected chi connectivity index (χ0v) is 12.4. The molecule has 21 heavy (non-hydrogen) atoms. The molecule has 5 nitrogen and oxygen atoms in total. The molecule has 0 spiro atoms. The van der Waals surface area contributed by atoms with Crippen LogP contribution in [0.25, 0.3) is 0 Å². The molecule has 0 bridgehead atoms. The number of carbonyl (C=O) groups excluding carboxylic acids is 2. The third-order valence-electron chi connectivity index (χ3n) is 4.21. The van der Waals surface area contributed by atoms with Crippen LogP contribution in [0.4, 0.5) is 5.69 Å². The van der Waals surface area contributed by atoms with Crippen LogP contribution in [0.5, 0.6) is 0 Å². The van der Waals surface area contributed by atoms with Gasteiger partial charge < -0.3 is 16.4 Å². The Morgan fingerprint density at radius 1 is 1.19 bits per heavy atom. The molecule has 1 aliphatic rings. The van der Waals surface area contributed by atoms with Gasteiger partial charge in [0.2, 0.25) is 5.91 Å². The van der Waals surface area contributed by atoms with Gasteiger partial charge in [-0.15, -0.1) is 0 Å². The average Bonchev–Trinajstić information content (AvgIpc) is 2.54. The topological polar surface area (TPSA) is 84.2 Å². The quantitative estimate of drug-likeness (QED) is 0.789. The number of amides is 2. The summed E-state index contributed by atoms with van der Waals surface area (Å²) in [7, 11) is 1.58. The van der Waals surface area contributed by atoms with Crippen LogP contribution in [0.1, 0.15) is 36.0 Å². The van der Waals surface area contributed by atoms with Crippen molar-refractivity contribution in [1.82, 2.24) is 5.32 Å². The summed E-state index contributed by atoms with van der Waals surface area (Å²) in [6.45, 7) is 0.702. The second-order valence-electron chi connectivity index (χ2n) is 5.57. The summed E-state index contributed by atoms with van der Waals surface area (Å²) < 4.78 is 0. The third kappa shape index (κ3) is 3.82. The molecule has 1 saturated carbocycles. The number of benzene rings is 1. The molecule has 0 aromatic heterocycles. The lowest BCUT2D eigenvalue weighted by Gasteiger charge is -2.27. The van der Waals surface area contributed by atoms with E-state index < -0.39 is 0 Å². The van der Waals surface area contributed by atoms with Gasteiger partial charge in [0.25, 0.3) is 5.91 Å². The van der Waals surface area contributed by atoms with Crippen LogP contribution in [0.3, 0.4) is 0 Å². The fourth-order valence-corrected chi connectivity index (χ4v) is 2.82. The van der Waals surface area contributed by atoms with Crippen molar-refractivity contribution in [2.24, 2.45) is 17.6 Å². The maximum atomic E-state index is 12.4. The molecule has 5 heteroatoms. The first-order chi connectivity index (χ1) is 10.2. The number of nitrogens with two attached hydrogens (primary N) is 1. The third-order valence-corrected chi connectivity index (χ3v) is 4.21. The predicted molar refractivity (Wildman–Crippen MR) is 83.0 cm³/mol. The van der Waals surface area contributed by atoms with Crippen molar-refractivity contribution in [1.29, 1.82) is 0 Å². The van der Waals surface area contributed by atoms with Gasteiger partial charge in [-0.1, -0.05) is 12.1 Å². The summed E-state index contributed by atoms with van der Waals surface area (Å²) in [5.74, 6) is 0.373. The highest BCUT2D eigenvalue weighted by Crippen LogP contribution is 2.29. The minimum Gasteiger partial charge on any atom is -0.355 e. The summed E-state index contributed by atoms with van der Waals surface area (Å²) >= 11 is 0. The van der Waals surface area contributed by atoms with E-state index in [4.69, 9.17) is 5.73 Å². The van der Waals surface area contributed by atoms with Crippen molar-refractivity contribution in [3.05, 3.63) is 29.8 Å². The van der Waals surface area contributed by atoms with Gasteiger partial charge >= 0.3 is 0 Å². The summed E-state index contributed by atoms with van der Waals surface area (Å²) in [5, 5.41) is 5.48. The second kappa shape index (κ2) is 7.22. The summed E-state index contributed by atoms with van der Waals surface area (Å²) in [4.78, 5) is 24.1. The molecule has 1 aromatic rings. The molecule has 2 amide bonds. The van der Waals surface area contributed by atoms with E-state index in [0.29, 0.717) is 23.7 Å². The zero-order chi connectivity index (χ0) is 15.2. The van der Waals surface area contributed by atoms with Gasteiger partial charge in [-0.3, -0.25) is 9.59 Å². The molecule has 0 aliphatic heterocycles. The van der Waals surface area contributed by atoms with Crippen molar-refractivity contribution < 1.29 is 9.59 Å². The van der Waals surface area contributed by atoms with Crippen LogP contribution in [0.15, 0.2) is 24.3 Å². The van der Waals surface area contributed by atoms with Gasteiger partial charge in [0.05, 0.1) is 11.3 Å². The first kappa shape index (κ1) is 15.5. The molecular weight excluding hydrogens is 266 g/mol. The number of rotatable bonds is 4. The fourth-order valence-electron chi connectivity index (χ4n) is 2.82. The molecule has 1 fully saturated rings. The fraction of sp³-hybridized carbons (Fsp3) is 0.500. The molecule has 0 unspecified atom stereocenters. The second-order valence-corrected chi connectivity index (χ2v) is 5.57. The molecular formula is C16H23N3O2. The van der Waals surface area contributed by atoms with E-state index in [1.807, 2.05) is 6.07 Å². The van der Waals surface area contributed by atoms with E-state index in [-0.39, 0.29) is 17.7 Å².